The molecule has 0 aliphatic heterocycles. The molecule has 0 bridgehead atoms. The fraction of sp³-hybridized carbons (Fsp3) is 0.588. The zero-order valence-corrected chi connectivity index (χ0v) is 13.6. The van der Waals surface area contributed by atoms with Crippen molar-refractivity contribution in [2.24, 2.45) is 5.92 Å². The Morgan fingerprint density at radius 2 is 1.95 bits per heavy atom. The number of ketones is 1. The monoisotopic (exact) mass is 295 g/mol. The van der Waals surface area contributed by atoms with E-state index in [1.54, 1.807) is 12.1 Å². The molecule has 0 aromatic heterocycles. The van der Waals surface area contributed by atoms with Crippen LogP contribution in [0.15, 0.2) is 18.2 Å². The van der Waals surface area contributed by atoms with E-state index in [0.717, 1.165) is 12.1 Å². The third-order valence-corrected chi connectivity index (χ3v) is 3.48. The Bertz CT molecular complexity index is 472. The van der Waals surface area contributed by atoms with Crippen LogP contribution in [-0.2, 0) is 4.79 Å². The summed E-state index contributed by atoms with van der Waals surface area (Å²) >= 11 is 0. The van der Waals surface area contributed by atoms with Crippen LogP contribution in [0, 0.1) is 11.7 Å². The smallest absolute Gasteiger partial charge is 0.165 e. The molecule has 1 aromatic rings. The molecule has 0 unspecified atom stereocenters. The topological polar surface area (TPSA) is 38.3 Å². The highest BCUT2D eigenvalue weighted by molar-refractivity contribution is 5.87. The van der Waals surface area contributed by atoms with Crippen LogP contribution >= 0.6 is 0 Å². The van der Waals surface area contributed by atoms with Crippen LogP contribution in [0.25, 0.3) is 0 Å². The van der Waals surface area contributed by atoms with E-state index in [0.29, 0.717) is 12.5 Å². The van der Waals surface area contributed by atoms with E-state index in [9.17, 15) is 9.18 Å². The highest BCUT2D eigenvalue weighted by atomic mass is 19.1. The molecule has 3 nitrogen and oxygen atoms in total. The number of Topliss-reactive ketones (excluding diaryl/α,β-unsaturated/α-hetero) is 1. The Morgan fingerprint density at radius 3 is 2.43 bits per heavy atom. The Balaban J connectivity index is 2.94. The number of methoxy groups -OCH3 is 1. The zero-order chi connectivity index (χ0) is 16.0. The van der Waals surface area contributed by atoms with Gasteiger partial charge in [0.25, 0.3) is 0 Å². The molecular weight excluding hydrogens is 269 g/mol. The molecule has 0 fully saturated rings. The van der Waals surface area contributed by atoms with E-state index in [4.69, 9.17) is 4.74 Å². The molecule has 1 N–H and O–H groups in total. The van der Waals surface area contributed by atoms with Crippen LogP contribution in [0.1, 0.15) is 45.6 Å². The molecule has 0 saturated heterocycles. The summed E-state index contributed by atoms with van der Waals surface area (Å²) in [4.78, 5) is 12.4. The van der Waals surface area contributed by atoms with Gasteiger partial charge in [-0.15, -0.1) is 0 Å². The number of carbonyl (C=O) groups excluding carboxylic acids is 1. The lowest BCUT2D eigenvalue weighted by atomic mass is 9.86. The van der Waals surface area contributed by atoms with E-state index in [2.05, 4.69) is 19.2 Å². The van der Waals surface area contributed by atoms with Crippen molar-refractivity contribution in [3.8, 4) is 5.75 Å². The normalized spacial score (nSPS) is 12.8. The maximum atomic E-state index is 13.9. The molecule has 1 atom stereocenters. The van der Waals surface area contributed by atoms with Gasteiger partial charge < -0.3 is 10.1 Å². The number of halogens is 1. The number of ether oxygens (including phenoxy) is 1. The molecule has 21 heavy (non-hydrogen) atoms. The van der Waals surface area contributed by atoms with Crippen molar-refractivity contribution >= 4 is 5.78 Å². The third kappa shape index (κ3) is 5.12. The molecule has 0 aliphatic rings. The van der Waals surface area contributed by atoms with Gasteiger partial charge in [-0.3, -0.25) is 4.79 Å². The van der Waals surface area contributed by atoms with Crippen LogP contribution in [-0.4, -0.2) is 25.5 Å². The summed E-state index contributed by atoms with van der Waals surface area (Å²) in [7, 11) is 1.43. The van der Waals surface area contributed by atoms with Gasteiger partial charge in [0, 0.05) is 17.9 Å². The first-order valence-corrected chi connectivity index (χ1v) is 7.47. The molecule has 0 spiro atoms. The molecule has 1 aromatic carbocycles. The number of hydrogen-bond donors (Lipinski definition) is 1. The number of carbonyl (C=O) groups is 1. The molecule has 0 heterocycles. The number of hydrogen-bond acceptors (Lipinski definition) is 3. The first kappa shape index (κ1) is 17.6. The van der Waals surface area contributed by atoms with E-state index >= 15 is 0 Å². The van der Waals surface area contributed by atoms with Crippen molar-refractivity contribution in [3.05, 3.63) is 29.6 Å². The lowest BCUT2D eigenvalue weighted by Crippen LogP contribution is -2.28. The summed E-state index contributed by atoms with van der Waals surface area (Å²) in [5.41, 5.74) is 0.720. The van der Waals surface area contributed by atoms with Crippen molar-refractivity contribution < 1.29 is 13.9 Å². The number of benzene rings is 1. The molecule has 0 saturated carbocycles. The highest BCUT2D eigenvalue weighted by Gasteiger charge is 2.23. The number of rotatable bonds is 8. The van der Waals surface area contributed by atoms with Gasteiger partial charge in [-0.2, -0.15) is 0 Å². The first-order chi connectivity index (χ1) is 9.86. The summed E-state index contributed by atoms with van der Waals surface area (Å²) in [6.45, 7) is 8.61. The van der Waals surface area contributed by atoms with Gasteiger partial charge in [0.1, 0.15) is 5.78 Å². The summed E-state index contributed by atoms with van der Waals surface area (Å²) < 4.78 is 18.8. The summed E-state index contributed by atoms with van der Waals surface area (Å²) in [5, 5.41) is 3.31. The van der Waals surface area contributed by atoms with Crippen molar-refractivity contribution in [1.82, 2.24) is 5.32 Å². The Morgan fingerprint density at radius 1 is 1.29 bits per heavy atom. The molecule has 0 aliphatic carbocycles. The van der Waals surface area contributed by atoms with Crippen molar-refractivity contribution in [3.63, 3.8) is 0 Å². The zero-order valence-electron chi connectivity index (χ0n) is 13.6. The van der Waals surface area contributed by atoms with Crippen molar-refractivity contribution in [2.45, 2.75) is 46.1 Å². The minimum Gasteiger partial charge on any atom is -0.494 e. The SMILES string of the molecule is COc1ccc([C@@H](CCNC(C)C)C(=O)C(C)C)cc1F. The van der Waals surface area contributed by atoms with Crippen LogP contribution in [0.5, 0.6) is 5.75 Å². The molecular formula is C17H26FNO2. The van der Waals surface area contributed by atoms with Gasteiger partial charge in [-0.05, 0) is 30.7 Å². The summed E-state index contributed by atoms with van der Waals surface area (Å²) in [5.74, 6) is -0.427. The highest BCUT2D eigenvalue weighted by Crippen LogP contribution is 2.27. The summed E-state index contributed by atoms with van der Waals surface area (Å²) in [6, 6.07) is 5.15. The maximum absolute atomic E-state index is 13.9. The van der Waals surface area contributed by atoms with Crippen LogP contribution in [0.4, 0.5) is 4.39 Å². The van der Waals surface area contributed by atoms with Crippen molar-refractivity contribution in [1.29, 1.82) is 0 Å². The first-order valence-electron chi connectivity index (χ1n) is 7.47. The van der Waals surface area contributed by atoms with Gasteiger partial charge >= 0.3 is 0 Å². The minimum absolute atomic E-state index is 0.0702. The molecule has 4 heteroatoms. The Hall–Kier alpha value is -1.42. The predicted octanol–water partition coefficient (Wildman–Crippen LogP) is 3.53. The minimum atomic E-state index is -0.423. The molecule has 1 rings (SSSR count). The molecule has 0 amide bonds. The van der Waals surface area contributed by atoms with E-state index in [1.807, 2.05) is 13.8 Å². The fourth-order valence-electron chi connectivity index (χ4n) is 2.29. The van der Waals surface area contributed by atoms with Crippen LogP contribution in [0.2, 0.25) is 0 Å². The van der Waals surface area contributed by atoms with Gasteiger partial charge in [0.2, 0.25) is 0 Å². The second-order valence-corrected chi connectivity index (χ2v) is 5.90. The van der Waals surface area contributed by atoms with Gasteiger partial charge in [-0.25, -0.2) is 4.39 Å². The van der Waals surface area contributed by atoms with Gasteiger partial charge in [0.15, 0.2) is 11.6 Å². The van der Waals surface area contributed by atoms with Crippen LogP contribution < -0.4 is 10.1 Å². The van der Waals surface area contributed by atoms with E-state index < -0.39 is 5.82 Å². The maximum Gasteiger partial charge on any atom is 0.165 e. The predicted molar refractivity (Wildman–Crippen MR) is 83.3 cm³/mol. The van der Waals surface area contributed by atoms with E-state index in [-0.39, 0.29) is 23.4 Å². The second kappa shape index (κ2) is 8.13. The quantitative estimate of drug-likeness (QED) is 0.797. The standard InChI is InChI=1S/C17H26FNO2/c1-11(2)17(20)14(8-9-19-12(3)4)13-6-7-16(21-5)15(18)10-13/h6-7,10-12,14,19H,8-9H2,1-5H3/t14-/m1/s1. The van der Waals surface area contributed by atoms with E-state index in [1.165, 1.54) is 13.2 Å². The molecule has 118 valence electrons. The average molecular weight is 295 g/mol. The lowest BCUT2D eigenvalue weighted by molar-refractivity contribution is -0.123. The Labute approximate surface area is 126 Å². The average Bonchev–Trinajstić information content (AvgIpc) is 2.42. The number of nitrogens with one attached hydrogen (secondary N) is 1. The van der Waals surface area contributed by atoms with Crippen LogP contribution in [0.3, 0.4) is 0 Å². The fourth-order valence-corrected chi connectivity index (χ4v) is 2.29. The van der Waals surface area contributed by atoms with Gasteiger partial charge in [-0.1, -0.05) is 33.8 Å². The van der Waals surface area contributed by atoms with Crippen molar-refractivity contribution in [2.75, 3.05) is 13.7 Å². The summed E-state index contributed by atoms with van der Waals surface area (Å²) in [6.07, 6.45) is 0.668. The largest absolute Gasteiger partial charge is 0.494 e. The Kier molecular flexibility index (Phi) is 6.82. The molecule has 0 radical (unpaired) electrons. The third-order valence-electron chi connectivity index (χ3n) is 3.48. The second-order valence-electron chi connectivity index (χ2n) is 5.90. The lowest BCUT2D eigenvalue weighted by Gasteiger charge is -2.20. The van der Waals surface area contributed by atoms with Gasteiger partial charge in [0.05, 0.1) is 7.11 Å².